The highest BCUT2D eigenvalue weighted by molar-refractivity contribution is 7.92. The van der Waals surface area contributed by atoms with E-state index in [1.165, 1.54) is 40.5 Å². The van der Waals surface area contributed by atoms with Crippen molar-refractivity contribution >= 4 is 27.0 Å². The molecule has 0 spiro atoms. The van der Waals surface area contributed by atoms with Crippen LogP contribution in [0.15, 0.2) is 47.8 Å². The Morgan fingerprint density at radius 3 is 2.62 bits per heavy atom. The minimum absolute atomic E-state index is 0.0577. The lowest BCUT2D eigenvalue weighted by atomic mass is 10.1. The maximum absolute atomic E-state index is 14.6. The highest BCUT2D eigenvalue weighted by atomic mass is 32.2. The zero-order valence-corrected chi connectivity index (χ0v) is 19.5. The SMILES string of the molecule is Cc1nccc(-c2sc(C(C)C)nc2-c2ccc(F)c(NS(=O)(=O)c3cnn(C)c3)c2)n1. The van der Waals surface area contributed by atoms with E-state index in [4.69, 9.17) is 4.98 Å². The lowest BCUT2D eigenvalue weighted by molar-refractivity contribution is 0.598. The first kappa shape index (κ1) is 22.0. The van der Waals surface area contributed by atoms with Crippen LogP contribution in [0.1, 0.15) is 30.6 Å². The van der Waals surface area contributed by atoms with E-state index in [1.54, 1.807) is 32.3 Å². The summed E-state index contributed by atoms with van der Waals surface area (Å²) in [7, 11) is -2.40. The fourth-order valence-corrected chi connectivity index (χ4v) is 5.13. The Morgan fingerprint density at radius 2 is 1.97 bits per heavy atom. The van der Waals surface area contributed by atoms with Gasteiger partial charge in [-0.15, -0.1) is 11.3 Å². The fraction of sp³-hybridized carbons (Fsp3) is 0.238. The van der Waals surface area contributed by atoms with Gasteiger partial charge in [0.1, 0.15) is 16.5 Å². The summed E-state index contributed by atoms with van der Waals surface area (Å²) in [5.74, 6) is 0.108. The Hall–Kier alpha value is -3.18. The van der Waals surface area contributed by atoms with Crippen molar-refractivity contribution in [3.8, 4) is 21.8 Å². The first-order chi connectivity index (χ1) is 15.1. The Bertz CT molecular complexity index is 1400. The third-order valence-corrected chi connectivity index (χ3v) is 7.32. The molecule has 3 heterocycles. The van der Waals surface area contributed by atoms with Gasteiger partial charge in [0.05, 0.1) is 33.2 Å². The van der Waals surface area contributed by atoms with Gasteiger partial charge in [0.15, 0.2) is 0 Å². The number of halogens is 1. The van der Waals surface area contributed by atoms with Crippen molar-refractivity contribution < 1.29 is 12.8 Å². The normalized spacial score (nSPS) is 11.8. The van der Waals surface area contributed by atoms with E-state index in [0.29, 0.717) is 22.8 Å². The van der Waals surface area contributed by atoms with Crippen molar-refractivity contribution in [1.82, 2.24) is 24.7 Å². The van der Waals surface area contributed by atoms with Crippen molar-refractivity contribution in [3.05, 3.63) is 59.5 Å². The lowest BCUT2D eigenvalue weighted by Gasteiger charge is -2.10. The molecule has 32 heavy (non-hydrogen) atoms. The summed E-state index contributed by atoms with van der Waals surface area (Å²) in [4.78, 5) is 14.2. The lowest BCUT2D eigenvalue weighted by Crippen LogP contribution is -2.13. The van der Waals surface area contributed by atoms with E-state index in [1.807, 2.05) is 13.8 Å². The highest BCUT2D eigenvalue weighted by Gasteiger charge is 2.22. The van der Waals surface area contributed by atoms with Crippen molar-refractivity contribution in [3.63, 3.8) is 0 Å². The van der Waals surface area contributed by atoms with Crippen molar-refractivity contribution in [1.29, 1.82) is 0 Å². The molecule has 0 aliphatic carbocycles. The molecule has 0 bridgehead atoms. The molecule has 0 unspecified atom stereocenters. The molecule has 3 aromatic heterocycles. The standard InChI is InChI=1S/C21H21FN6O2S2/c1-12(2)21-26-19(20(31-21)17-7-8-23-13(3)25-17)14-5-6-16(22)18(9-14)27-32(29,30)15-10-24-28(4)11-15/h5-12,27H,1-4H3. The summed E-state index contributed by atoms with van der Waals surface area (Å²) < 4.78 is 43.6. The first-order valence-electron chi connectivity index (χ1n) is 9.76. The topological polar surface area (TPSA) is 103 Å². The molecule has 4 aromatic rings. The number of thiazole rings is 1. The third-order valence-electron chi connectivity index (χ3n) is 4.62. The smallest absolute Gasteiger partial charge is 0.265 e. The quantitative estimate of drug-likeness (QED) is 0.447. The van der Waals surface area contributed by atoms with Gasteiger partial charge in [0.2, 0.25) is 0 Å². The van der Waals surface area contributed by atoms with Gasteiger partial charge in [0.25, 0.3) is 10.0 Å². The highest BCUT2D eigenvalue weighted by Crippen LogP contribution is 2.39. The number of hydrogen-bond acceptors (Lipinski definition) is 7. The molecule has 0 radical (unpaired) electrons. The van der Waals surface area contributed by atoms with E-state index in [2.05, 4.69) is 19.8 Å². The predicted octanol–water partition coefficient (Wildman–Crippen LogP) is 4.37. The largest absolute Gasteiger partial charge is 0.277 e. The van der Waals surface area contributed by atoms with E-state index in [0.717, 1.165) is 9.88 Å². The molecule has 4 rings (SSSR count). The van der Waals surface area contributed by atoms with Gasteiger partial charge in [-0.25, -0.2) is 27.8 Å². The molecular formula is C21H21FN6O2S2. The van der Waals surface area contributed by atoms with E-state index >= 15 is 0 Å². The van der Waals surface area contributed by atoms with E-state index in [9.17, 15) is 12.8 Å². The summed E-state index contributed by atoms with van der Waals surface area (Å²) in [6.07, 6.45) is 4.22. The van der Waals surface area contributed by atoms with Crippen LogP contribution < -0.4 is 4.72 Å². The Labute approximate surface area is 189 Å². The number of aryl methyl sites for hydroxylation is 2. The molecule has 0 amide bonds. The van der Waals surface area contributed by atoms with Crippen molar-refractivity contribution in [2.45, 2.75) is 31.6 Å². The number of nitrogens with zero attached hydrogens (tertiary/aromatic N) is 5. The van der Waals surface area contributed by atoms with Crippen LogP contribution in [-0.4, -0.2) is 33.2 Å². The second-order valence-corrected chi connectivity index (χ2v) is 10.2. The van der Waals surface area contributed by atoms with Gasteiger partial charge in [-0.3, -0.25) is 9.40 Å². The summed E-state index contributed by atoms with van der Waals surface area (Å²) in [6, 6.07) is 6.04. The number of aromatic nitrogens is 5. The second kappa shape index (κ2) is 8.40. The molecule has 0 aliphatic heterocycles. The number of hydrogen-bond donors (Lipinski definition) is 1. The predicted molar refractivity (Wildman–Crippen MR) is 121 cm³/mol. The van der Waals surface area contributed by atoms with Crippen molar-refractivity contribution in [2.75, 3.05) is 4.72 Å². The third kappa shape index (κ3) is 4.39. The summed E-state index contributed by atoms with van der Waals surface area (Å²) in [5.41, 5.74) is 1.72. The van der Waals surface area contributed by atoms with Crippen LogP contribution in [0.25, 0.3) is 21.8 Å². The van der Waals surface area contributed by atoms with Gasteiger partial charge in [-0.05, 0) is 31.2 Å². The number of benzene rings is 1. The maximum atomic E-state index is 14.6. The van der Waals surface area contributed by atoms with E-state index in [-0.39, 0.29) is 16.5 Å². The molecular weight excluding hydrogens is 451 g/mol. The molecule has 0 saturated heterocycles. The fourth-order valence-electron chi connectivity index (χ4n) is 3.03. The molecule has 11 heteroatoms. The van der Waals surface area contributed by atoms with Gasteiger partial charge in [-0.2, -0.15) is 5.10 Å². The maximum Gasteiger partial charge on any atom is 0.265 e. The van der Waals surface area contributed by atoms with E-state index < -0.39 is 15.8 Å². The summed E-state index contributed by atoms with van der Waals surface area (Å²) >= 11 is 1.50. The molecule has 0 atom stereocenters. The van der Waals surface area contributed by atoms with Crippen LogP contribution in [0.4, 0.5) is 10.1 Å². The second-order valence-electron chi connectivity index (χ2n) is 7.52. The molecule has 166 valence electrons. The van der Waals surface area contributed by atoms with Crippen LogP contribution >= 0.6 is 11.3 Å². The molecule has 0 aliphatic rings. The number of nitrogens with one attached hydrogen (secondary N) is 1. The zero-order valence-electron chi connectivity index (χ0n) is 17.9. The molecule has 1 N–H and O–H groups in total. The van der Waals surface area contributed by atoms with Gasteiger partial charge in [0, 0.05) is 30.9 Å². The zero-order chi connectivity index (χ0) is 23.0. The summed E-state index contributed by atoms with van der Waals surface area (Å²) in [6.45, 7) is 5.88. The number of anilines is 1. The van der Waals surface area contributed by atoms with Crippen LogP contribution in [0.3, 0.4) is 0 Å². The Balaban J connectivity index is 1.80. The minimum Gasteiger partial charge on any atom is -0.277 e. The minimum atomic E-state index is -4.00. The van der Waals surface area contributed by atoms with Gasteiger partial charge >= 0.3 is 0 Å². The Kier molecular flexibility index (Phi) is 5.78. The average molecular weight is 473 g/mol. The van der Waals surface area contributed by atoms with Crippen LogP contribution in [0, 0.1) is 12.7 Å². The van der Waals surface area contributed by atoms with Crippen LogP contribution in [-0.2, 0) is 17.1 Å². The first-order valence-corrected chi connectivity index (χ1v) is 12.1. The average Bonchev–Trinajstić information content (AvgIpc) is 3.37. The molecule has 0 saturated carbocycles. The van der Waals surface area contributed by atoms with Gasteiger partial charge < -0.3 is 0 Å². The molecule has 8 nitrogen and oxygen atoms in total. The van der Waals surface area contributed by atoms with Crippen molar-refractivity contribution in [2.24, 2.45) is 7.05 Å². The molecule has 0 fully saturated rings. The number of sulfonamides is 1. The molecule has 1 aromatic carbocycles. The summed E-state index contributed by atoms with van der Waals surface area (Å²) in [5, 5.41) is 4.76. The number of rotatable bonds is 6. The Morgan fingerprint density at radius 1 is 1.19 bits per heavy atom. The van der Waals surface area contributed by atoms with Crippen LogP contribution in [0.2, 0.25) is 0 Å². The van der Waals surface area contributed by atoms with Gasteiger partial charge in [-0.1, -0.05) is 13.8 Å². The monoisotopic (exact) mass is 472 g/mol. The van der Waals surface area contributed by atoms with Crippen LogP contribution in [0.5, 0.6) is 0 Å².